The van der Waals surface area contributed by atoms with E-state index in [1.54, 1.807) is 0 Å². The summed E-state index contributed by atoms with van der Waals surface area (Å²) in [6.45, 7) is 2.41. The minimum absolute atomic E-state index is 0.179. The second-order valence-electron chi connectivity index (χ2n) is 15.2. The van der Waals surface area contributed by atoms with Gasteiger partial charge in [-0.05, 0) is 111 Å². The van der Waals surface area contributed by atoms with E-state index in [2.05, 4.69) is 194 Å². The zero-order valence-corrected chi connectivity index (χ0v) is 31.2. The minimum atomic E-state index is 0.179. The Kier molecular flexibility index (Phi) is 7.67. The standard InChI is InChI=1S/C53H39N3/c1-34-45-33-46(48-27-14-26-47(54-48)41-24-13-18-35-15-5-6-19-39(35)41)40-20-7-8-21-42(40)52(45)44-23-10-9-22-43(44)51(34)36-29-31-38(32-30-36)56-50-28-12-11-25-49(50)55-53(56)37-16-3-2-4-17-37/h2-5,7-18,20-34,51H,6,19H2,1H3. The van der Waals surface area contributed by atoms with Crippen molar-refractivity contribution in [2.45, 2.75) is 31.6 Å². The molecule has 3 nitrogen and oxygen atoms in total. The Balaban J connectivity index is 1.04. The normalized spacial score (nSPS) is 15.7. The fourth-order valence-corrected chi connectivity index (χ4v) is 9.53. The van der Waals surface area contributed by atoms with Crippen LogP contribution in [0.5, 0.6) is 0 Å². The van der Waals surface area contributed by atoms with Gasteiger partial charge in [-0.15, -0.1) is 0 Å². The molecule has 0 radical (unpaired) electrons. The van der Waals surface area contributed by atoms with Crippen molar-refractivity contribution < 1.29 is 0 Å². The molecule has 266 valence electrons. The highest BCUT2D eigenvalue weighted by Gasteiger charge is 2.34. The van der Waals surface area contributed by atoms with Crippen LogP contribution in [-0.2, 0) is 6.42 Å². The zero-order valence-electron chi connectivity index (χ0n) is 31.2. The Morgan fingerprint density at radius 1 is 0.571 bits per heavy atom. The molecule has 0 bridgehead atoms. The first-order valence-corrected chi connectivity index (χ1v) is 19.8. The number of allylic oxidation sites excluding steroid dienone is 1. The number of nitrogens with zero attached hydrogens (tertiary/aromatic N) is 3. The molecule has 0 aliphatic heterocycles. The Labute approximate surface area is 327 Å². The average molecular weight is 718 g/mol. The lowest BCUT2D eigenvalue weighted by Crippen LogP contribution is -2.17. The van der Waals surface area contributed by atoms with E-state index in [1.807, 2.05) is 0 Å². The number of fused-ring (bicyclic) bond motifs is 7. The van der Waals surface area contributed by atoms with Crippen LogP contribution in [-0.4, -0.2) is 14.5 Å². The van der Waals surface area contributed by atoms with Crippen molar-refractivity contribution in [3.8, 4) is 50.7 Å². The summed E-state index contributed by atoms with van der Waals surface area (Å²) in [6, 6.07) is 61.7. The number of aromatic nitrogens is 3. The molecule has 0 amide bonds. The highest BCUT2D eigenvalue weighted by molar-refractivity contribution is 6.07. The lowest BCUT2D eigenvalue weighted by molar-refractivity contribution is 0.650. The summed E-state index contributed by atoms with van der Waals surface area (Å²) in [5, 5.41) is 2.52. The first-order valence-electron chi connectivity index (χ1n) is 19.8. The number of hydrogen-bond acceptors (Lipinski definition) is 2. The summed E-state index contributed by atoms with van der Waals surface area (Å²) in [5.74, 6) is 1.35. The molecule has 56 heavy (non-hydrogen) atoms. The van der Waals surface area contributed by atoms with E-state index in [1.165, 1.54) is 60.8 Å². The summed E-state index contributed by atoms with van der Waals surface area (Å²) in [5.41, 5.74) is 18.2. The maximum atomic E-state index is 5.42. The van der Waals surface area contributed by atoms with Crippen LogP contribution in [0.2, 0.25) is 0 Å². The van der Waals surface area contributed by atoms with Crippen LogP contribution in [0.15, 0.2) is 176 Å². The van der Waals surface area contributed by atoms with Crippen molar-refractivity contribution in [2.75, 3.05) is 0 Å². The number of imidazole rings is 1. The minimum Gasteiger partial charge on any atom is -0.292 e. The zero-order chi connectivity index (χ0) is 37.2. The summed E-state index contributed by atoms with van der Waals surface area (Å²) < 4.78 is 2.30. The predicted molar refractivity (Wildman–Crippen MR) is 232 cm³/mol. The molecule has 2 aliphatic rings. The lowest BCUT2D eigenvalue weighted by atomic mass is 9.68. The third-order valence-corrected chi connectivity index (χ3v) is 12.1. The van der Waals surface area contributed by atoms with Crippen molar-refractivity contribution in [2.24, 2.45) is 0 Å². The van der Waals surface area contributed by atoms with Gasteiger partial charge >= 0.3 is 0 Å². The third-order valence-electron chi connectivity index (χ3n) is 12.1. The van der Waals surface area contributed by atoms with Crippen LogP contribution in [0.3, 0.4) is 0 Å². The van der Waals surface area contributed by atoms with Gasteiger partial charge in [0.1, 0.15) is 5.82 Å². The second kappa shape index (κ2) is 13.2. The summed E-state index contributed by atoms with van der Waals surface area (Å²) in [6.07, 6.45) is 6.65. The SMILES string of the molecule is CC1c2cc(-c3cccc(-c4cccc5c4CCC=C5)n3)c3ccccc3c2-c2ccccc2C1c1ccc(-n2c(-c3ccccc3)nc3ccccc32)cc1. The van der Waals surface area contributed by atoms with Gasteiger partial charge in [-0.3, -0.25) is 4.57 Å². The fraction of sp³-hybridized carbons (Fsp3) is 0.0943. The van der Waals surface area contributed by atoms with Crippen LogP contribution in [0, 0.1) is 0 Å². The van der Waals surface area contributed by atoms with Gasteiger partial charge in [0.05, 0.1) is 22.4 Å². The Hall–Kier alpha value is -6.84. The Morgan fingerprint density at radius 2 is 1.29 bits per heavy atom. The molecule has 0 N–H and O–H groups in total. The van der Waals surface area contributed by atoms with Gasteiger partial charge in [0, 0.05) is 28.3 Å². The van der Waals surface area contributed by atoms with Crippen molar-refractivity contribution in [3.63, 3.8) is 0 Å². The predicted octanol–water partition coefficient (Wildman–Crippen LogP) is 13.5. The lowest BCUT2D eigenvalue weighted by Gasteiger charge is -2.35. The maximum absolute atomic E-state index is 5.42. The molecule has 0 saturated carbocycles. The third kappa shape index (κ3) is 5.19. The van der Waals surface area contributed by atoms with Gasteiger partial charge in [-0.2, -0.15) is 0 Å². The topological polar surface area (TPSA) is 30.7 Å². The molecule has 2 atom stereocenters. The molecule has 7 aromatic carbocycles. The molecule has 3 heteroatoms. The van der Waals surface area contributed by atoms with Gasteiger partial charge < -0.3 is 0 Å². The van der Waals surface area contributed by atoms with Gasteiger partial charge in [0.2, 0.25) is 0 Å². The molecular weight excluding hydrogens is 679 g/mol. The molecule has 0 saturated heterocycles. The van der Waals surface area contributed by atoms with Crippen LogP contribution in [0.1, 0.15) is 53.0 Å². The van der Waals surface area contributed by atoms with Crippen LogP contribution in [0.4, 0.5) is 0 Å². The van der Waals surface area contributed by atoms with Crippen LogP contribution >= 0.6 is 0 Å². The molecule has 2 aliphatic carbocycles. The van der Waals surface area contributed by atoms with Gasteiger partial charge in [0.25, 0.3) is 0 Å². The van der Waals surface area contributed by atoms with E-state index in [0.29, 0.717) is 0 Å². The maximum Gasteiger partial charge on any atom is 0.145 e. The van der Waals surface area contributed by atoms with E-state index in [9.17, 15) is 0 Å². The summed E-state index contributed by atoms with van der Waals surface area (Å²) in [4.78, 5) is 10.5. The molecule has 2 heterocycles. The van der Waals surface area contributed by atoms with Gasteiger partial charge in [-0.25, -0.2) is 9.97 Å². The molecule has 9 aromatic rings. The van der Waals surface area contributed by atoms with E-state index in [0.717, 1.165) is 52.3 Å². The molecule has 2 aromatic heterocycles. The monoisotopic (exact) mass is 717 g/mol. The number of benzene rings is 7. The number of rotatable bonds is 5. The van der Waals surface area contributed by atoms with E-state index < -0.39 is 0 Å². The fourth-order valence-electron chi connectivity index (χ4n) is 9.53. The Morgan fingerprint density at radius 3 is 2.16 bits per heavy atom. The highest BCUT2D eigenvalue weighted by Crippen LogP contribution is 2.53. The molecule has 2 unspecified atom stereocenters. The Bertz CT molecular complexity index is 2990. The van der Waals surface area contributed by atoms with E-state index in [-0.39, 0.29) is 11.8 Å². The smallest absolute Gasteiger partial charge is 0.145 e. The van der Waals surface area contributed by atoms with Crippen molar-refractivity contribution in [3.05, 3.63) is 204 Å². The molecule has 0 fully saturated rings. The average Bonchev–Trinajstić information content (AvgIpc) is 3.66. The second-order valence-corrected chi connectivity index (χ2v) is 15.2. The number of pyridine rings is 1. The first kappa shape index (κ1) is 32.6. The van der Waals surface area contributed by atoms with Crippen LogP contribution < -0.4 is 0 Å². The van der Waals surface area contributed by atoms with Gasteiger partial charge in [-0.1, -0.05) is 146 Å². The summed E-state index contributed by atoms with van der Waals surface area (Å²) in [7, 11) is 0. The summed E-state index contributed by atoms with van der Waals surface area (Å²) >= 11 is 0. The quantitative estimate of drug-likeness (QED) is 0.177. The van der Waals surface area contributed by atoms with Crippen LogP contribution in [0.25, 0.3) is 78.6 Å². The molecule has 11 rings (SSSR count). The largest absolute Gasteiger partial charge is 0.292 e. The number of para-hydroxylation sites is 2. The molecular formula is C53H39N3. The number of hydrogen-bond donors (Lipinski definition) is 0. The highest BCUT2D eigenvalue weighted by atomic mass is 15.1. The van der Waals surface area contributed by atoms with E-state index >= 15 is 0 Å². The van der Waals surface area contributed by atoms with Crippen molar-refractivity contribution >= 4 is 27.9 Å². The van der Waals surface area contributed by atoms with Gasteiger partial charge in [0.15, 0.2) is 0 Å². The van der Waals surface area contributed by atoms with Crippen molar-refractivity contribution in [1.82, 2.24) is 14.5 Å². The van der Waals surface area contributed by atoms with Crippen molar-refractivity contribution in [1.29, 1.82) is 0 Å². The first-order chi connectivity index (χ1) is 27.7. The molecule has 0 spiro atoms. The van der Waals surface area contributed by atoms with E-state index in [4.69, 9.17) is 9.97 Å².